The monoisotopic (exact) mass is 266 g/mol. The zero-order valence-electron chi connectivity index (χ0n) is 11.3. The first-order valence-electron chi connectivity index (χ1n) is 6.96. The lowest BCUT2D eigenvalue weighted by molar-refractivity contribution is -0.189. The number of rotatable bonds is 4. The smallest absolute Gasteiger partial charge is 0.326 e. The average molecular weight is 266 g/mol. The number of hydrogen-bond donors (Lipinski definition) is 1. The van der Waals surface area contributed by atoms with E-state index in [1.54, 1.807) is 11.8 Å². The van der Waals surface area contributed by atoms with E-state index in [0.717, 1.165) is 25.7 Å². The maximum atomic E-state index is 13.1. The van der Waals surface area contributed by atoms with E-state index in [-0.39, 0.29) is 0 Å². The van der Waals surface area contributed by atoms with E-state index in [9.17, 15) is 13.2 Å². The van der Waals surface area contributed by atoms with E-state index >= 15 is 0 Å². The third kappa shape index (κ3) is 4.12. The standard InChI is InChI=1S/C13H25F3N2/c1-3-10-6-5-8-18(9-7-10)12(11(17)4-2)13(14,15)16/h10-12H,3-9,17H2,1-2H3. The summed E-state index contributed by atoms with van der Waals surface area (Å²) in [6.45, 7) is 4.88. The van der Waals surface area contributed by atoms with Crippen LogP contribution in [0, 0.1) is 5.92 Å². The van der Waals surface area contributed by atoms with E-state index in [0.29, 0.717) is 25.4 Å². The van der Waals surface area contributed by atoms with Crippen molar-refractivity contribution in [1.82, 2.24) is 4.90 Å². The van der Waals surface area contributed by atoms with Crippen molar-refractivity contribution in [2.45, 2.75) is 64.2 Å². The Bertz CT molecular complexity index is 243. The van der Waals surface area contributed by atoms with Gasteiger partial charge in [-0.1, -0.05) is 20.3 Å². The van der Waals surface area contributed by atoms with Crippen LogP contribution in [0.4, 0.5) is 13.2 Å². The Labute approximate surface area is 108 Å². The molecule has 18 heavy (non-hydrogen) atoms. The second kappa shape index (κ2) is 6.75. The number of alkyl halides is 3. The summed E-state index contributed by atoms with van der Waals surface area (Å²) in [5, 5.41) is 0. The highest BCUT2D eigenvalue weighted by atomic mass is 19.4. The molecule has 1 aliphatic heterocycles. The molecule has 2 N–H and O–H groups in total. The second-order valence-electron chi connectivity index (χ2n) is 5.30. The molecule has 3 unspecified atom stereocenters. The van der Waals surface area contributed by atoms with Crippen LogP contribution in [0.3, 0.4) is 0 Å². The van der Waals surface area contributed by atoms with Gasteiger partial charge < -0.3 is 5.73 Å². The molecule has 1 saturated heterocycles. The molecule has 1 heterocycles. The zero-order valence-corrected chi connectivity index (χ0v) is 11.3. The molecule has 0 aliphatic carbocycles. The van der Waals surface area contributed by atoms with Crippen molar-refractivity contribution in [2.75, 3.05) is 13.1 Å². The van der Waals surface area contributed by atoms with Gasteiger partial charge in [-0.15, -0.1) is 0 Å². The van der Waals surface area contributed by atoms with Crippen molar-refractivity contribution in [1.29, 1.82) is 0 Å². The summed E-state index contributed by atoms with van der Waals surface area (Å²) in [7, 11) is 0. The highest BCUT2D eigenvalue weighted by Crippen LogP contribution is 2.31. The summed E-state index contributed by atoms with van der Waals surface area (Å²) in [4.78, 5) is 1.56. The van der Waals surface area contributed by atoms with Crippen LogP contribution in [0.15, 0.2) is 0 Å². The van der Waals surface area contributed by atoms with Crippen LogP contribution in [0.1, 0.15) is 46.0 Å². The van der Waals surface area contributed by atoms with Gasteiger partial charge in [0.1, 0.15) is 6.04 Å². The molecule has 0 saturated carbocycles. The van der Waals surface area contributed by atoms with Crippen molar-refractivity contribution in [3.05, 3.63) is 0 Å². The second-order valence-corrected chi connectivity index (χ2v) is 5.30. The first-order valence-corrected chi connectivity index (χ1v) is 6.96. The molecule has 0 aromatic heterocycles. The fourth-order valence-electron chi connectivity index (χ4n) is 2.82. The van der Waals surface area contributed by atoms with Crippen molar-refractivity contribution in [2.24, 2.45) is 11.7 Å². The van der Waals surface area contributed by atoms with Crippen LogP contribution in [-0.2, 0) is 0 Å². The van der Waals surface area contributed by atoms with E-state index in [4.69, 9.17) is 5.73 Å². The largest absolute Gasteiger partial charge is 0.405 e. The Morgan fingerprint density at radius 1 is 1.22 bits per heavy atom. The number of likely N-dealkylation sites (tertiary alicyclic amines) is 1. The van der Waals surface area contributed by atoms with Gasteiger partial charge >= 0.3 is 6.18 Å². The molecule has 5 heteroatoms. The molecule has 0 amide bonds. The van der Waals surface area contributed by atoms with Gasteiger partial charge in [-0.3, -0.25) is 4.90 Å². The van der Waals surface area contributed by atoms with Gasteiger partial charge in [-0.2, -0.15) is 13.2 Å². The molecule has 1 fully saturated rings. The highest BCUT2D eigenvalue weighted by molar-refractivity contribution is 4.88. The van der Waals surface area contributed by atoms with Gasteiger partial charge in [0.15, 0.2) is 0 Å². The van der Waals surface area contributed by atoms with Crippen molar-refractivity contribution in [3.63, 3.8) is 0 Å². The highest BCUT2D eigenvalue weighted by Gasteiger charge is 2.46. The number of halogens is 3. The maximum absolute atomic E-state index is 13.1. The molecule has 0 spiro atoms. The molecular weight excluding hydrogens is 241 g/mol. The Hall–Kier alpha value is -0.290. The van der Waals surface area contributed by atoms with Gasteiger partial charge in [-0.05, 0) is 44.7 Å². The molecule has 108 valence electrons. The normalized spacial score (nSPS) is 26.7. The topological polar surface area (TPSA) is 29.3 Å². The Morgan fingerprint density at radius 3 is 2.39 bits per heavy atom. The number of nitrogens with two attached hydrogens (primary N) is 1. The number of nitrogens with zero attached hydrogens (tertiary/aromatic N) is 1. The lowest BCUT2D eigenvalue weighted by atomic mass is 9.98. The first kappa shape index (κ1) is 15.8. The van der Waals surface area contributed by atoms with E-state index < -0.39 is 18.3 Å². The molecule has 0 aromatic carbocycles. The lowest BCUT2D eigenvalue weighted by Gasteiger charge is -2.35. The molecule has 3 atom stereocenters. The van der Waals surface area contributed by atoms with Gasteiger partial charge in [0.05, 0.1) is 0 Å². The van der Waals surface area contributed by atoms with Gasteiger partial charge in [0.2, 0.25) is 0 Å². The van der Waals surface area contributed by atoms with Crippen LogP contribution >= 0.6 is 0 Å². The third-order valence-corrected chi connectivity index (χ3v) is 4.07. The summed E-state index contributed by atoms with van der Waals surface area (Å²) in [6, 6.07) is -2.29. The Morgan fingerprint density at radius 2 is 1.89 bits per heavy atom. The van der Waals surface area contributed by atoms with Crippen molar-refractivity contribution in [3.8, 4) is 0 Å². The van der Waals surface area contributed by atoms with E-state index in [1.165, 1.54) is 0 Å². The SMILES string of the molecule is CCC1CCCN(C(C(N)CC)C(F)(F)F)CC1. The lowest BCUT2D eigenvalue weighted by Crippen LogP contribution is -2.56. The molecule has 0 aromatic rings. The summed E-state index contributed by atoms with van der Waals surface area (Å²) in [5.74, 6) is 0.571. The van der Waals surface area contributed by atoms with Gasteiger partial charge in [-0.25, -0.2) is 0 Å². The summed E-state index contributed by atoms with van der Waals surface area (Å²) in [5.41, 5.74) is 5.69. The molecule has 0 bridgehead atoms. The predicted octanol–water partition coefficient (Wildman–Crippen LogP) is 3.17. The van der Waals surface area contributed by atoms with Crippen LogP contribution < -0.4 is 5.73 Å². The fourth-order valence-corrected chi connectivity index (χ4v) is 2.82. The minimum Gasteiger partial charge on any atom is -0.326 e. The Balaban J connectivity index is 2.73. The maximum Gasteiger partial charge on any atom is 0.405 e. The van der Waals surface area contributed by atoms with E-state index in [2.05, 4.69) is 6.92 Å². The number of hydrogen-bond acceptors (Lipinski definition) is 2. The predicted molar refractivity (Wildman–Crippen MR) is 67.3 cm³/mol. The first-order chi connectivity index (χ1) is 8.40. The van der Waals surface area contributed by atoms with Crippen molar-refractivity contribution >= 4 is 0 Å². The molecule has 1 aliphatic rings. The summed E-state index contributed by atoms with van der Waals surface area (Å²) in [6.07, 6.45) is -0.0519. The van der Waals surface area contributed by atoms with Crippen LogP contribution in [0.2, 0.25) is 0 Å². The fraction of sp³-hybridized carbons (Fsp3) is 1.00. The summed E-state index contributed by atoms with van der Waals surface area (Å²) >= 11 is 0. The van der Waals surface area contributed by atoms with Gasteiger partial charge in [0, 0.05) is 6.04 Å². The quantitative estimate of drug-likeness (QED) is 0.847. The molecule has 1 rings (SSSR count). The van der Waals surface area contributed by atoms with E-state index in [1.807, 2.05) is 0 Å². The molecule has 0 radical (unpaired) electrons. The summed E-state index contributed by atoms with van der Waals surface area (Å²) < 4.78 is 39.4. The zero-order chi connectivity index (χ0) is 13.8. The molecule has 2 nitrogen and oxygen atoms in total. The third-order valence-electron chi connectivity index (χ3n) is 4.07. The van der Waals surface area contributed by atoms with Crippen LogP contribution in [0.25, 0.3) is 0 Å². The minimum absolute atomic E-state index is 0.359. The van der Waals surface area contributed by atoms with Crippen LogP contribution in [0.5, 0.6) is 0 Å². The van der Waals surface area contributed by atoms with Gasteiger partial charge in [0.25, 0.3) is 0 Å². The van der Waals surface area contributed by atoms with Crippen molar-refractivity contribution < 1.29 is 13.2 Å². The van der Waals surface area contributed by atoms with Crippen LogP contribution in [-0.4, -0.2) is 36.2 Å². The minimum atomic E-state index is -4.22. The Kier molecular flexibility index (Phi) is 5.92. The average Bonchev–Trinajstić information content (AvgIpc) is 2.52. The molecular formula is C13H25F3N2.